The van der Waals surface area contributed by atoms with Crippen LogP contribution in [0.15, 0.2) is 40.1 Å². The molecule has 0 unspecified atom stereocenters. The molecule has 30 heavy (non-hydrogen) atoms. The topological polar surface area (TPSA) is 107 Å². The van der Waals surface area contributed by atoms with E-state index in [4.69, 9.17) is 9.47 Å². The molecule has 0 saturated carbocycles. The Balaban J connectivity index is 1.99. The third-order valence-corrected chi connectivity index (χ3v) is 4.49. The highest BCUT2D eigenvalue weighted by Gasteiger charge is 2.21. The lowest BCUT2D eigenvalue weighted by atomic mass is 10.2. The quantitative estimate of drug-likeness (QED) is 0.536. The lowest BCUT2D eigenvalue weighted by molar-refractivity contribution is -0.131. The molecule has 0 radical (unpaired) electrons. The number of H-pyrrole nitrogens is 1. The van der Waals surface area contributed by atoms with E-state index in [1.54, 1.807) is 7.05 Å². The second-order valence-electron chi connectivity index (χ2n) is 6.47. The molecular formula is C20H23FN4O5. The van der Waals surface area contributed by atoms with Crippen LogP contribution in [0, 0.1) is 5.82 Å². The number of halogens is 1. The van der Waals surface area contributed by atoms with E-state index in [1.807, 2.05) is 13.8 Å². The molecule has 2 N–H and O–H groups in total. The molecule has 0 atom stereocenters. The summed E-state index contributed by atoms with van der Waals surface area (Å²) in [5.41, 5.74) is -0.750. The molecule has 160 valence electrons. The number of nitrogens with zero attached hydrogens (tertiary/aromatic N) is 2. The van der Waals surface area contributed by atoms with Crippen LogP contribution in [0.1, 0.15) is 24.2 Å². The zero-order chi connectivity index (χ0) is 21.8. The van der Waals surface area contributed by atoms with Crippen LogP contribution in [-0.2, 0) is 16.5 Å². The molecule has 2 aromatic heterocycles. The monoisotopic (exact) mass is 418 g/mol. The molecule has 2 heterocycles. The summed E-state index contributed by atoms with van der Waals surface area (Å²) in [5.74, 6) is -0.973. The number of carbonyl (C=O) groups excluding carboxylic acids is 1. The number of hydrogen-bond donors (Lipinski definition) is 2. The first-order chi connectivity index (χ1) is 14.4. The largest absolute Gasteiger partial charge is 0.351 e. The van der Waals surface area contributed by atoms with Gasteiger partial charge in [-0.2, -0.15) is 0 Å². The molecule has 0 bridgehead atoms. The van der Waals surface area contributed by atoms with Crippen molar-refractivity contribution in [3.05, 3.63) is 62.7 Å². The summed E-state index contributed by atoms with van der Waals surface area (Å²) in [7, 11) is 1.59. The molecular weight excluding hydrogens is 395 g/mol. The van der Waals surface area contributed by atoms with Crippen molar-refractivity contribution in [3.63, 3.8) is 0 Å². The van der Waals surface area contributed by atoms with E-state index in [0.717, 1.165) is 16.7 Å². The zero-order valence-electron chi connectivity index (χ0n) is 16.9. The van der Waals surface area contributed by atoms with Gasteiger partial charge in [-0.3, -0.25) is 9.59 Å². The van der Waals surface area contributed by atoms with E-state index in [9.17, 15) is 18.8 Å². The van der Waals surface area contributed by atoms with Crippen LogP contribution >= 0.6 is 0 Å². The number of aromatic nitrogens is 3. The van der Waals surface area contributed by atoms with Gasteiger partial charge in [-0.05, 0) is 38.1 Å². The first kappa shape index (κ1) is 21.5. The van der Waals surface area contributed by atoms with Crippen LogP contribution in [0.25, 0.3) is 16.7 Å². The molecule has 1 amide bonds. The van der Waals surface area contributed by atoms with Gasteiger partial charge in [-0.15, -0.1) is 0 Å². The van der Waals surface area contributed by atoms with Crippen molar-refractivity contribution in [2.24, 2.45) is 7.05 Å². The molecule has 9 nitrogen and oxygen atoms in total. The number of rotatable bonds is 8. The lowest BCUT2D eigenvalue weighted by Gasteiger charge is -2.17. The van der Waals surface area contributed by atoms with E-state index < -0.39 is 29.3 Å². The summed E-state index contributed by atoms with van der Waals surface area (Å²) >= 11 is 0. The maximum Gasteiger partial charge on any atom is 0.333 e. The van der Waals surface area contributed by atoms with Crippen molar-refractivity contribution in [3.8, 4) is 5.69 Å². The molecule has 0 aliphatic heterocycles. The molecule has 0 fully saturated rings. The van der Waals surface area contributed by atoms with Gasteiger partial charge in [0.1, 0.15) is 11.3 Å². The maximum atomic E-state index is 13.2. The van der Waals surface area contributed by atoms with Crippen molar-refractivity contribution in [2.75, 3.05) is 19.8 Å². The van der Waals surface area contributed by atoms with Crippen LogP contribution in [0.4, 0.5) is 4.39 Å². The number of aromatic amines is 1. The highest BCUT2D eigenvalue weighted by molar-refractivity contribution is 6.05. The van der Waals surface area contributed by atoms with Crippen LogP contribution in [0.5, 0.6) is 0 Å². The fourth-order valence-electron chi connectivity index (χ4n) is 3.18. The van der Waals surface area contributed by atoms with Crippen LogP contribution in [0.2, 0.25) is 0 Å². The lowest BCUT2D eigenvalue weighted by Crippen LogP contribution is -2.36. The number of amides is 1. The summed E-state index contributed by atoms with van der Waals surface area (Å²) in [6.07, 6.45) is 0.858. The number of fused-ring (bicyclic) bond motifs is 1. The fourth-order valence-corrected chi connectivity index (χ4v) is 3.18. The Labute approximate surface area is 171 Å². The number of ether oxygens (including phenoxy) is 2. The van der Waals surface area contributed by atoms with Gasteiger partial charge in [0.25, 0.3) is 11.5 Å². The second kappa shape index (κ2) is 9.06. The molecule has 0 spiro atoms. The first-order valence-electron chi connectivity index (χ1n) is 9.49. The predicted octanol–water partition coefficient (Wildman–Crippen LogP) is 1.29. The summed E-state index contributed by atoms with van der Waals surface area (Å²) in [6.45, 7) is 4.58. The molecule has 10 heteroatoms. The van der Waals surface area contributed by atoms with E-state index >= 15 is 0 Å². The van der Waals surface area contributed by atoms with Gasteiger partial charge < -0.3 is 24.3 Å². The van der Waals surface area contributed by atoms with Crippen LogP contribution < -0.4 is 16.6 Å². The minimum atomic E-state index is -0.735. The summed E-state index contributed by atoms with van der Waals surface area (Å²) in [4.78, 5) is 40.9. The van der Waals surface area contributed by atoms with Gasteiger partial charge in [0, 0.05) is 26.5 Å². The Bertz CT molecular complexity index is 1160. The Hall–Kier alpha value is -3.24. The normalized spacial score (nSPS) is 11.4. The Morgan fingerprint density at radius 3 is 2.40 bits per heavy atom. The summed E-state index contributed by atoms with van der Waals surface area (Å²) in [5, 5.41) is 2.69. The predicted molar refractivity (Wildman–Crippen MR) is 108 cm³/mol. The van der Waals surface area contributed by atoms with Gasteiger partial charge >= 0.3 is 5.69 Å². The minimum absolute atomic E-state index is 0.105. The number of hydrogen-bond acceptors (Lipinski definition) is 5. The van der Waals surface area contributed by atoms with Crippen molar-refractivity contribution in [2.45, 2.75) is 20.1 Å². The number of benzene rings is 1. The molecule has 3 aromatic rings. The van der Waals surface area contributed by atoms with Crippen LogP contribution in [0.3, 0.4) is 0 Å². The Morgan fingerprint density at radius 1 is 1.17 bits per heavy atom. The van der Waals surface area contributed by atoms with Gasteiger partial charge in [-0.25, -0.2) is 13.8 Å². The van der Waals surface area contributed by atoms with Crippen LogP contribution in [-0.4, -0.2) is 46.1 Å². The fraction of sp³-hybridized carbons (Fsp3) is 0.350. The third-order valence-electron chi connectivity index (χ3n) is 4.49. The zero-order valence-corrected chi connectivity index (χ0v) is 16.9. The second-order valence-corrected chi connectivity index (χ2v) is 6.47. The summed E-state index contributed by atoms with van der Waals surface area (Å²) < 4.78 is 26.3. The van der Waals surface area contributed by atoms with Crippen molar-refractivity contribution in [1.82, 2.24) is 19.4 Å². The maximum absolute atomic E-state index is 13.2. The van der Waals surface area contributed by atoms with Gasteiger partial charge in [0.15, 0.2) is 6.29 Å². The van der Waals surface area contributed by atoms with Gasteiger partial charge in [0.2, 0.25) is 0 Å². The van der Waals surface area contributed by atoms with E-state index in [0.29, 0.717) is 13.2 Å². The van der Waals surface area contributed by atoms with Gasteiger partial charge in [-0.1, -0.05) is 0 Å². The number of aryl methyl sites for hydroxylation is 1. The number of nitrogens with one attached hydrogen (secondary N) is 2. The minimum Gasteiger partial charge on any atom is -0.351 e. The SMILES string of the molecule is CCOC(CNC(=O)c1cn(C)c2c(=O)n(-c3ccc(F)cc3)c(=O)[nH]c12)OCC. The van der Waals surface area contributed by atoms with Crippen molar-refractivity contribution in [1.29, 1.82) is 0 Å². The summed E-state index contributed by atoms with van der Waals surface area (Å²) in [6, 6.07) is 4.97. The average molecular weight is 418 g/mol. The van der Waals surface area contributed by atoms with E-state index in [-0.39, 0.29) is 28.8 Å². The average Bonchev–Trinajstić information content (AvgIpc) is 3.04. The standard InChI is InChI=1S/C20H23FN4O5/c1-4-29-15(30-5-2)10-22-18(26)14-11-24(3)17-16(14)23-20(28)25(19(17)27)13-8-6-12(21)7-9-13/h6-9,11,15H,4-5,10H2,1-3H3,(H,22,26)(H,23,28). The smallest absolute Gasteiger partial charge is 0.333 e. The van der Waals surface area contributed by atoms with Gasteiger partial charge in [0.05, 0.1) is 23.3 Å². The molecule has 3 rings (SSSR count). The Kier molecular flexibility index (Phi) is 6.48. The van der Waals surface area contributed by atoms with Crippen molar-refractivity contribution >= 4 is 16.9 Å². The first-order valence-corrected chi connectivity index (χ1v) is 9.49. The Morgan fingerprint density at radius 2 is 1.80 bits per heavy atom. The molecule has 0 aliphatic rings. The van der Waals surface area contributed by atoms with E-state index in [2.05, 4.69) is 10.3 Å². The number of carbonyl (C=O) groups is 1. The highest BCUT2D eigenvalue weighted by Crippen LogP contribution is 2.15. The van der Waals surface area contributed by atoms with Crippen molar-refractivity contribution < 1.29 is 18.7 Å². The molecule has 0 aliphatic carbocycles. The van der Waals surface area contributed by atoms with E-state index in [1.165, 1.54) is 22.9 Å². The highest BCUT2D eigenvalue weighted by atomic mass is 19.1. The molecule has 0 saturated heterocycles. The molecule has 1 aromatic carbocycles. The third kappa shape index (κ3) is 4.19.